The van der Waals surface area contributed by atoms with Crippen LogP contribution in [-0.2, 0) is 4.74 Å². The predicted molar refractivity (Wildman–Crippen MR) is 49.0 cm³/mol. The number of carbonyl (C=O) groups is 1. The molecule has 72 valence electrons. The summed E-state index contributed by atoms with van der Waals surface area (Å²) in [5.41, 5.74) is 0.631. The predicted octanol–water partition coefficient (Wildman–Crippen LogP) is 2.12. The van der Waals surface area contributed by atoms with Crippen molar-refractivity contribution >= 4 is 5.78 Å². The third-order valence-corrected chi connectivity index (χ3v) is 1.78. The van der Waals surface area contributed by atoms with Gasteiger partial charge in [-0.2, -0.15) is 0 Å². The van der Waals surface area contributed by atoms with Crippen molar-refractivity contribution in [1.82, 2.24) is 0 Å². The van der Waals surface area contributed by atoms with Crippen LogP contribution in [0.15, 0.2) is 10.5 Å². The van der Waals surface area contributed by atoms with Crippen LogP contribution in [0.4, 0.5) is 0 Å². The normalized spacial score (nSPS) is 10.4. The maximum absolute atomic E-state index is 11.5. The van der Waals surface area contributed by atoms with Crippen LogP contribution >= 0.6 is 0 Å². The van der Waals surface area contributed by atoms with Gasteiger partial charge in [0.15, 0.2) is 5.78 Å². The summed E-state index contributed by atoms with van der Waals surface area (Å²) in [5, 5.41) is 0. The third kappa shape index (κ3) is 2.42. The number of carbonyl (C=O) groups excluding carboxylic acids is 1. The minimum Gasteiger partial charge on any atom is -0.466 e. The molecule has 3 nitrogen and oxygen atoms in total. The first-order chi connectivity index (χ1) is 6.15. The highest BCUT2D eigenvalue weighted by atomic mass is 16.5. The van der Waals surface area contributed by atoms with Crippen LogP contribution < -0.4 is 0 Å². The fourth-order valence-electron chi connectivity index (χ4n) is 1.18. The summed E-state index contributed by atoms with van der Waals surface area (Å²) in [6.07, 6.45) is 0. The van der Waals surface area contributed by atoms with Gasteiger partial charge in [-0.15, -0.1) is 0 Å². The fraction of sp³-hybridized carbons (Fsp3) is 0.500. The van der Waals surface area contributed by atoms with Gasteiger partial charge in [-0.05, 0) is 26.8 Å². The van der Waals surface area contributed by atoms with Crippen LogP contribution in [0.25, 0.3) is 0 Å². The zero-order valence-corrected chi connectivity index (χ0v) is 8.22. The molecule has 1 aromatic heterocycles. The first kappa shape index (κ1) is 9.99. The van der Waals surface area contributed by atoms with E-state index in [-0.39, 0.29) is 12.4 Å². The molecule has 0 atom stereocenters. The molecule has 13 heavy (non-hydrogen) atoms. The fourth-order valence-corrected chi connectivity index (χ4v) is 1.18. The number of furan rings is 1. The second-order valence-electron chi connectivity index (χ2n) is 2.89. The van der Waals surface area contributed by atoms with E-state index in [1.165, 1.54) is 0 Å². The second-order valence-corrected chi connectivity index (χ2v) is 2.89. The van der Waals surface area contributed by atoms with Gasteiger partial charge in [0.1, 0.15) is 18.1 Å². The summed E-state index contributed by atoms with van der Waals surface area (Å²) >= 11 is 0. The molecule has 0 aliphatic heterocycles. The number of hydrogen-bond acceptors (Lipinski definition) is 3. The van der Waals surface area contributed by atoms with Crippen molar-refractivity contribution in [3.05, 3.63) is 23.2 Å². The number of ether oxygens (including phenoxy) is 1. The SMILES string of the molecule is CCOCC(=O)c1cc(C)oc1C. The molecule has 3 heteroatoms. The van der Waals surface area contributed by atoms with Crippen LogP contribution in [-0.4, -0.2) is 19.0 Å². The van der Waals surface area contributed by atoms with Gasteiger partial charge in [0, 0.05) is 6.61 Å². The van der Waals surface area contributed by atoms with Crippen molar-refractivity contribution in [2.24, 2.45) is 0 Å². The number of hydrogen-bond donors (Lipinski definition) is 0. The zero-order chi connectivity index (χ0) is 9.84. The highest BCUT2D eigenvalue weighted by molar-refractivity contribution is 5.98. The Bertz CT molecular complexity index is 299. The lowest BCUT2D eigenvalue weighted by Gasteiger charge is -1.98. The van der Waals surface area contributed by atoms with Crippen molar-refractivity contribution < 1.29 is 13.9 Å². The molecule has 0 fully saturated rings. The Morgan fingerprint density at radius 1 is 1.54 bits per heavy atom. The zero-order valence-electron chi connectivity index (χ0n) is 8.22. The second kappa shape index (κ2) is 4.23. The van der Waals surface area contributed by atoms with Crippen molar-refractivity contribution in [3.63, 3.8) is 0 Å². The smallest absolute Gasteiger partial charge is 0.191 e. The van der Waals surface area contributed by atoms with Crippen molar-refractivity contribution in [3.8, 4) is 0 Å². The first-order valence-electron chi connectivity index (χ1n) is 4.33. The quantitative estimate of drug-likeness (QED) is 0.669. The van der Waals surface area contributed by atoms with Crippen molar-refractivity contribution in [1.29, 1.82) is 0 Å². The molecule has 0 aliphatic carbocycles. The van der Waals surface area contributed by atoms with Crippen LogP contribution in [0.2, 0.25) is 0 Å². The van der Waals surface area contributed by atoms with Crippen LogP contribution in [0.5, 0.6) is 0 Å². The van der Waals surface area contributed by atoms with Crippen molar-refractivity contribution in [2.45, 2.75) is 20.8 Å². The van der Waals surface area contributed by atoms with Gasteiger partial charge in [0.25, 0.3) is 0 Å². The molecule has 1 rings (SSSR count). The summed E-state index contributed by atoms with van der Waals surface area (Å²) in [5.74, 6) is 1.41. The molecule has 0 N–H and O–H groups in total. The molecular weight excluding hydrogens is 168 g/mol. The molecule has 0 bridgehead atoms. The van der Waals surface area contributed by atoms with Gasteiger partial charge in [-0.25, -0.2) is 0 Å². The van der Waals surface area contributed by atoms with Crippen LogP contribution in [0.3, 0.4) is 0 Å². The first-order valence-corrected chi connectivity index (χ1v) is 4.33. The van der Waals surface area contributed by atoms with E-state index in [2.05, 4.69) is 0 Å². The van der Waals surface area contributed by atoms with E-state index in [4.69, 9.17) is 9.15 Å². The van der Waals surface area contributed by atoms with Crippen LogP contribution in [0, 0.1) is 13.8 Å². The molecule has 1 aromatic rings. The molecule has 0 aromatic carbocycles. The van der Waals surface area contributed by atoms with Gasteiger partial charge >= 0.3 is 0 Å². The van der Waals surface area contributed by atoms with Crippen LogP contribution in [0.1, 0.15) is 28.8 Å². The van der Waals surface area contributed by atoms with E-state index in [1.54, 1.807) is 13.0 Å². The minimum absolute atomic E-state index is 0.0174. The number of ketones is 1. The van der Waals surface area contributed by atoms with E-state index >= 15 is 0 Å². The van der Waals surface area contributed by atoms with E-state index in [9.17, 15) is 4.79 Å². The highest BCUT2D eigenvalue weighted by Crippen LogP contribution is 2.14. The average Bonchev–Trinajstić information content (AvgIpc) is 2.41. The molecule has 0 amide bonds. The summed E-state index contributed by atoms with van der Waals surface area (Å²) in [6, 6.07) is 1.75. The Morgan fingerprint density at radius 3 is 2.69 bits per heavy atom. The monoisotopic (exact) mass is 182 g/mol. The molecule has 0 saturated heterocycles. The molecular formula is C10H14O3. The Hall–Kier alpha value is -1.09. The summed E-state index contributed by atoms with van der Waals surface area (Å²) < 4.78 is 10.3. The number of aryl methyl sites for hydroxylation is 2. The average molecular weight is 182 g/mol. The summed E-state index contributed by atoms with van der Waals surface area (Å²) in [6.45, 7) is 6.16. The maximum Gasteiger partial charge on any atom is 0.191 e. The Morgan fingerprint density at radius 2 is 2.23 bits per heavy atom. The largest absolute Gasteiger partial charge is 0.466 e. The molecule has 0 spiro atoms. The minimum atomic E-state index is -0.0174. The summed E-state index contributed by atoms with van der Waals surface area (Å²) in [4.78, 5) is 11.5. The van der Waals surface area contributed by atoms with Crippen molar-refractivity contribution in [2.75, 3.05) is 13.2 Å². The topological polar surface area (TPSA) is 39.4 Å². The third-order valence-electron chi connectivity index (χ3n) is 1.78. The van der Waals surface area contributed by atoms with Gasteiger partial charge in [-0.3, -0.25) is 4.79 Å². The Labute approximate surface area is 77.7 Å². The highest BCUT2D eigenvalue weighted by Gasteiger charge is 2.12. The van der Waals surface area contributed by atoms with Gasteiger partial charge in [-0.1, -0.05) is 0 Å². The number of rotatable bonds is 4. The Balaban J connectivity index is 2.70. The molecule has 0 unspecified atom stereocenters. The standard InChI is InChI=1S/C10H14O3/c1-4-12-6-10(11)9-5-7(2)13-8(9)3/h5H,4,6H2,1-3H3. The Kier molecular flexibility index (Phi) is 3.25. The number of Topliss-reactive ketones (excluding diaryl/α,β-unsaturated/α-hetero) is 1. The molecule has 0 aliphatic rings. The van der Waals surface area contributed by atoms with E-state index < -0.39 is 0 Å². The molecule has 0 saturated carbocycles. The molecule has 0 radical (unpaired) electrons. The molecule has 1 heterocycles. The van der Waals surface area contributed by atoms with E-state index in [0.717, 1.165) is 5.76 Å². The van der Waals surface area contributed by atoms with E-state index in [0.29, 0.717) is 17.9 Å². The van der Waals surface area contributed by atoms with Gasteiger partial charge in [0.05, 0.1) is 5.56 Å². The van der Waals surface area contributed by atoms with Gasteiger partial charge < -0.3 is 9.15 Å². The lowest BCUT2D eigenvalue weighted by Crippen LogP contribution is -2.08. The lowest BCUT2D eigenvalue weighted by atomic mass is 10.2. The van der Waals surface area contributed by atoms with Gasteiger partial charge in [0.2, 0.25) is 0 Å². The summed E-state index contributed by atoms with van der Waals surface area (Å²) in [7, 11) is 0. The maximum atomic E-state index is 11.5. The van der Waals surface area contributed by atoms with E-state index in [1.807, 2.05) is 13.8 Å². The lowest BCUT2D eigenvalue weighted by molar-refractivity contribution is 0.0782.